The van der Waals surface area contributed by atoms with Crippen LogP contribution >= 0.6 is 0 Å². The third-order valence-corrected chi connectivity index (χ3v) is 6.28. The number of carbonyl (C=O) groups excluding carboxylic acids is 2. The van der Waals surface area contributed by atoms with Gasteiger partial charge in [-0.25, -0.2) is 13.2 Å². The van der Waals surface area contributed by atoms with Crippen LogP contribution in [0.25, 0.3) is 0 Å². The molecule has 2 saturated heterocycles. The third-order valence-electron chi connectivity index (χ3n) is 4.59. The van der Waals surface area contributed by atoms with E-state index in [-0.39, 0.29) is 30.5 Å². The van der Waals surface area contributed by atoms with Crippen LogP contribution in [-0.4, -0.2) is 72.5 Å². The standard InChI is InChI=1S/C18H24N2O5S/c1-18(2,3)25-17(22)20-10-9-19(14-11-26(23,24)12-15(14)20)16(21)13-7-5-4-6-8-13/h4-8,14-15H,9-12H2,1-3H3/t14-,15-/m1/s1. The summed E-state index contributed by atoms with van der Waals surface area (Å²) in [5, 5.41) is 0. The molecule has 142 valence electrons. The minimum absolute atomic E-state index is 0.129. The van der Waals surface area contributed by atoms with E-state index in [9.17, 15) is 18.0 Å². The van der Waals surface area contributed by atoms with Gasteiger partial charge in [0.05, 0.1) is 23.6 Å². The van der Waals surface area contributed by atoms with Crippen LogP contribution in [-0.2, 0) is 14.6 Å². The van der Waals surface area contributed by atoms with Crippen molar-refractivity contribution in [1.82, 2.24) is 9.80 Å². The smallest absolute Gasteiger partial charge is 0.410 e. The molecule has 0 saturated carbocycles. The van der Waals surface area contributed by atoms with E-state index in [1.807, 2.05) is 6.07 Å². The summed E-state index contributed by atoms with van der Waals surface area (Å²) < 4.78 is 29.9. The predicted molar refractivity (Wildman–Crippen MR) is 96.6 cm³/mol. The summed E-state index contributed by atoms with van der Waals surface area (Å²) in [4.78, 5) is 28.4. The molecule has 2 aliphatic rings. The van der Waals surface area contributed by atoms with Crippen LogP contribution < -0.4 is 0 Å². The highest BCUT2D eigenvalue weighted by Crippen LogP contribution is 2.29. The van der Waals surface area contributed by atoms with Gasteiger partial charge in [0.25, 0.3) is 5.91 Å². The average Bonchev–Trinajstić information content (AvgIpc) is 2.87. The summed E-state index contributed by atoms with van der Waals surface area (Å²) >= 11 is 0. The highest BCUT2D eigenvalue weighted by molar-refractivity contribution is 7.91. The van der Waals surface area contributed by atoms with Crippen molar-refractivity contribution in [1.29, 1.82) is 0 Å². The number of benzene rings is 1. The molecule has 0 N–H and O–H groups in total. The predicted octanol–water partition coefficient (Wildman–Crippen LogP) is 1.55. The summed E-state index contributed by atoms with van der Waals surface area (Å²) in [6.45, 7) is 5.84. The molecule has 0 aromatic heterocycles. The Hall–Kier alpha value is -2.09. The van der Waals surface area contributed by atoms with Gasteiger partial charge in [0.15, 0.2) is 9.84 Å². The van der Waals surface area contributed by atoms with Crippen molar-refractivity contribution in [3.8, 4) is 0 Å². The molecule has 26 heavy (non-hydrogen) atoms. The van der Waals surface area contributed by atoms with E-state index >= 15 is 0 Å². The number of nitrogens with zero attached hydrogens (tertiary/aromatic N) is 2. The van der Waals surface area contributed by atoms with E-state index in [0.717, 1.165) is 0 Å². The molecule has 2 aliphatic heterocycles. The Kier molecular flexibility index (Phi) is 4.72. The molecular weight excluding hydrogens is 356 g/mol. The summed E-state index contributed by atoms with van der Waals surface area (Å²) in [6.07, 6.45) is -0.531. The van der Waals surface area contributed by atoms with Crippen molar-refractivity contribution in [2.24, 2.45) is 0 Å². The lowest BCUT2D eigenvalue weighted by atomic mass is 10.0. The van der Waals surface area contributed by atoms with E-state index in [2.05, 4.69) is 0 Å². The van der Waals surface area contributed by atoms with Crippen LogP contribution in [0.5, 0.6) is 0 Å². The molecule has 2 amide bonds. The SMILES string of the molecule is CC(C)(C)OC(=O)N1CCN(C(=O)c2ccccc2)[C@@H]2CS(=O)(=O)C[C@H]21. The van der Waals surface area contributed by atoms with Gasteiger partial charge in [-0.05, 0) is 32.9 Å². The van der Waals surface area contributed by atoms with E-state index in [4.69, 9.17) is 4.74 Å². The van der Waals surface area contributed by atoms with Gasteiger partial charge in [0, 0.05) is 18.7 Å². The second-order valence-corrected chi connectivity index (χ2v) is 9.90. The molecule has 8 heteroatoms. The first kappa shape index (κ1) is 18.7. The van der Waals surface area contributed by atoms with Gasteiger partial charge in [-0.3, -0.25) is 4.79 Å². The van der Waals surface area contributed by atoms with E-state index in [0.29, 0.717) is 5.56 Å². The molecule has 7 nitrogen and oxygen atoms in total. The number of amides is 2. The average molecular weight is 380 g/mol. The molecule has 0 spiro atoms. The highest BCUT2D eigenvalue weighted by atomic mass is 32.2. The van der Waals surface area contributed by atoms with Gasteiger partial charge in [-0.15, -0.1) is 0 Å². The maximum atomic E-state index is 12.9. The fraction of sp³-hybridized carbons (Fsp3) is 0.556. The molecule has 1 aromatic carbocycles. The summed E-state index contributed by atoms with van der Waals surface area (Å²) in [7, 11) is -3.33. The van der Waals surface area contributed by atoms with Gasteiger partial charge in [0.1, 0.15) is 5.60 Å². The lowest BCUT2D eigenvalue weighted by Crippen LogP contribution is -2.62. The third kappa shape index (κ3) is 3.85. The zero-order valence-corrected chi connectivity index (χ0v) is 16.0. The number of hydrogen-bond acceptors (Lipinski definition) is 5. The van der Waals surface area contributed by atoms with Crippen molar-refractivity contribution < 1.29 is 22.7 Å². The van der Waals surface area contributed by atoms with Crippen molar-refractivity contribution in [3.63, 3.8) is 0 Å². The van der Waals surface area contributed by atoms with Gasteiger partial charge in [-0.1, -0.05) is 18.2 Å². The largest absolute Gasteiger partial charge is 0.444 e. The minimum atomic E-state index is -3.33. The second kappa shape index (κ2) is 6.57. The normalized spacial score (nSPS) is 24.9. The molecule has 1 aromatic rings. The fourth-order valence-electron chi connectivity index (χ4n) is 3.50. The van der Waals surface area contributed by atoms with Crippen molar-refractivity contribution in [2.45, 2.75) is 38.5 Å². The van der Waals surface area contributed by atoms with Crippen molar-refractivity contribution in [2.75, 3.05) is 24.6 Å². The van der Waals surface area contributed by atoms with E-state index < -0.39 is 33.6 Å². The second-order valence-electron chi connectivity index (χ2n) is 7.75. The van der Waals surface area contributed by atoms with Crippen LogP contribution in [0.15, 0.2) is 30.3 Å². The number of ether oxygens (including phenoxy) is 1. The number of fused-ring (bicyclic) bond motifs is 1. The minimum Gasteiger partial charge on any atom is -0.444 e. The Morgan fingerprint density at radius 3 is 2.12 bits per heavy atom. The number of piperazine rings is 1. The molecule has 2 atom stereocenters. The highest BCUT2D eigenvalue weighted by Gasteiger charge is 2.50. The molecule has 0 radical (unpaired) electrons. The Balaban J connectivity index is 1.86. The van der Waals surface area contributed by atoms with Gasteiger partial charge < -0.3 is 14.5 Å². The van der Waals surface area contributed by atoms with Gasteiger partial charge >= 0.3 is 6.09 Å². The Morgan fingerprint density at radius 1 is 1.00 bits per heavy atom. The first-order chi connectivity index (χ1) is 12.1. The van der Waals surface area contributed by atoms with Gasteiger partial charge in [-0.2, -0.15) is 0 Å². The lowest BCUT2D eigenvalue weighted by Gasteiger charge is -2.43. The number of sulfone groups is 1. The van der Waals surface area contributed by atoms with Crippen molar-refractivity contribution in [3.05, 3.63) is 35.9 Å². The van der Waals surface area contributed by atoms with Crippen LogP contribution in [0.4, 0.5) is 4.79 Å². The molecule has 2 heterocycles. The quantitative estimate of drug-likeness (QED) is 0.738. The molecule has 3 rings (SSSR count). The van der Waals surface area contributed by atoms with Crippen LogP contribution in [0.1, 0.15) is 31.1 Å². The summed E-state index contributed by atoms with van der Waals surface area (Å²) in [5.41, 5.74) is -0.151. The lowest BCUT2D eigenvalue weighted by molar-refractivity contribution is -0.00693. The molecular formula is C18H24N2O5S. The fourth-order valence-corrected chi connectivity index (χ4v) is 5.48. The Bertz CT molecular complexity index is 801. The molecule has 0 bridgehead atoms. The van der Waals surface area contributed by atoms with E-state index in [1.165, 1.54) is 4.90 Å². The Morgan fingerprint density at radius 2 is 1.54 bits per heavy atom. The maximum Gasteiger partial charge on any atom is 0.410 e. The first-order valence-corrected chi connectivity index (χ1v) is 10.5. The zero-order chi connectivity index (χ0) is 19.1. The van der Waals surface area contributed by atoms with Crippen LogP contribution in [0.3, 0.4) is 0 Å². The monoisotopic (exact) mass is 380 g/mol. The maximum absolute atomic E-state index is 12.9. The molecule has 2 fully saturated rings. The van der Waals surface area contributed by atoms with Crippen LogP contribution in [0.2, 0.25) is 0 Å². The summed E-state index contributed by atoms with van der Waals surface area (Å²) in [6, 6.07) is 7.66. The summed E-state index contributed by atoms with van der Waals surface area (Å²) in [5.74, 6) is -0.480. The van der Waals surface area contributed by atoms with Crippen molar-refractivity contribution >= 4 is 21.8 Å². The number of hydrogen-bond donors (Lipinski definition) is 0. The topological polar surface area (TPSA) is 84.0 Å². The first-order valence-electron chi connectivity index (χ1n) is 8.63. The van der Waals surface area contributed by atoms with Gasteiger partial charge in [0.2, 0.25) is 0 Å². The molecule has 0 unspecified atom stereocenters. The number of carbonyl (C=O) groups is 2. The molecule has 0 aliphatic carbocycles. The zero-order valence-electron chi connectivity index (χ0n) is 15.2. The van der Waals surface area contributed by atoms with Crippen LogP contribution in [0, 0.1) is 0 Å². The van der Waals surface area contributed by atoms with E-state index in [1.54, 1.807) is 49.9 Å². The Labute approximate surface area is 153 Å². The number of rotatable bonds is 1.